The van der Waals surface area contributed by atoms with Gasteiger partial charge in [0.25, 0.3) is 6.43 Å². The van der Waals surface area contributed by atoms with E-state index in [1.54, 1.807) is 0 Å². The molecule has 1 saturated heterocycles. The highest BCUT2D eigenvalue weighted by molar-refractivity contribution is 8.00. The van der Waals surface area contributed by atoms with Crippen molar-refractivity contribution in [1.82, 2.24) is 4.90 Å². The minimum absolute atomic E-state index is 0.123. The second-order valence-corrected chi connectivity index (χ2v) is 9.49. The molecule has 0 aromatic heterocycles. The number of para-hydroxylation sites is 1. The molecule has 2 aromatic rings. The van der Waals surface area contributed by atoms with Crippen LogP contribution in [0.4, 0.5) is 14.5 Å². The highest BCUT2D eigenvalue weighted by atomic mass is 32.2. The number of benzene rings is 2. The molecule has 32 heavy (non-hydrogen) atoms. The highest BCUT2D eigenvalue weighted by Crippen LogP contribution is 2.26. The van der Waals surface area contributed by atoms with Gasteiger partial charge in [0, 0.05) is 31.0 Å². The Hall–Kier alpha value is -2.25. The first-order valence-corrected chi connectivity index (χ1v) is 12.2. The van der Waals surface area contributed by atoms with Gasteiger partial charge in [-0.1, -0.05) is 55.8 Å². The Morgan fingerprint density at radius 2 is 1.88 bits per heavy atom. The Labute approximate surface area is 193 Å². The summed E-state index contributed by atoms with van der Waals surface area (Å²) >= 11 is 1.86. The number of likely N-dealkylation sites (tertiary alicyclic amines) is 1. The number of rotatable bonds is 10. The average molecular weight is 457 g/mol. The zero-order valence-electron chi connectivity index (χ0n) is 18.5. The van der Waals surface area contributed by atoms with E-state index in [9.17, 15) is 8.78 Å². The van der Waals surface area contributed by atoms with E-state index in [0.29, 0.717) is 5.71 Å². The zero-order chi connectivity index (χ0) is 22.3. The van der Waals surface area contributed by atoms with E-state index in [0.717, 1.165) is 30.3 Å². The molecule has 170 valence electrons. The summed E-state index contributed by atoms with van der Waals surface area (Å²) in [6, 6.07) is 18.5. The van der Waals surface area contributed by atoms with Crippen LogP contribution in [0.3, 0.4) is 0 Å². The molecular formula is C25H30F2N4S. The van der Waals surface area contributed by atoms with E-state index in [2.05, 4.69) is 62.7 Å². The van der Waals surface area contributed by atoms with E-state index in [-0.39, 0.29) is 12.1 Å². The maximum atomic E-state index is 12.8. The molecule has 2 aliphatic rings. The summed E-state index contributed by atoms with van der Waals surface area (Å²) in [4.78, 5) is 2.58. The Balaban J connectivity index is 1.36. The number of alkyl halides is 2. The van der Waals surface area contributed by atoms with Gasteiger partial charge in [-0.2, -0.15) is 10.2 Å². The molecule has 1 unspecified atom stereocenters. The maximum absolute atomic E-state index is 12.8. The number of hydrogen-bond acceptors (Lipinski definition) is 5. The van der Waals surface area contributed by atoms with Crippen LogP contribution < -0.4 is 4.31 Å². The lowest BCUT2D eigenvalue weighted by molar-refractivity contribution is 0.224. The van der Waals surface area contributed by atoms with Gasteiger partial charge in [0.05, 0.1) is 12.3 Å². The van der Waals surface area contributed by atoms with Crippen LogP contribution in [0.15, 0.2) is 64.8 Å². The first kappa shape index (κ1) is 22.9. The van der Waals surface area contributed by atoms with Crippen LogP contribution in [0, 0.1) is 5.92 Å². The van der Waals surface area contributed by atoms with Gasteiger partial charge in [-0.15, -0.1) is 0 Å². The first-order valence-electron chi connectivity index (χ1n) is 11.3. The monoisotopic (exact) mass is 456 g/mol. The number of anilines is 1. The lowest BCUT2D eigenvalue weighted by Crippen LogP contribution is -2.25. The van der Waals surface area contributed by atoms with Gasteiger partial charge in [-0.3, -0.25) is 0 Å². The Kier molecular flexibility index (Phi) is 7.92. The minimum Gasteiger partial charge on any atom is -0.312 e. The third-order valence-electron chi connectivity index (χ3n) is 6.16. The van der Waals surface area contributed by atoms with Crippen LogP contribution in [0.25, 0.3) is 0 Å². The smallest absolute Gasteiger partial charge is 0.278 e. The molecule has 4 rings (SSSR count). The van der Waals surface area contributed by atoms with Crippen LogP contribution in [0.5, 0.6) is 0 Å². The summed E-state index contributed by atoms with van der Waals surface area (Å²) < 4.78 is 28.0. The molecule has 0 amide bonds. The Morgan fingerprint density at radius 3 is 2.53 bits per heavy atom. The normalized spacial score (nSPS) is 18.8. The van der Waals surface area contributed by atoms with Crippen molar-refractivity contribution in [3.63, 3.8) is 0 Å². The van der Waals surface area contributed by atoms with Crippen LogP contribution in [0.1, 0.15) is 37.3 Å². The van der Waals surface area contributed by atoms with Crippen LogP contribution in [-0.4, -0.2) is 48.1 Å². The molecule has 7 heteroatoms. The second-order valence-electron chi connectivity index (χ2n) is 8.38. The molecule has 0 N–H and O–H groups in total. The molecule has 1 fully saturated rings. The molecule has 1 atom stereocenters. The van der Waals surface area contributed by atoms with Crippen molar-refractivity contribution in [1.29, 1.82) is 0 Å². The van der Waals surface area contributed by atoms with Gasteiger partial charge < -0.3 is 9.21 Å². The van der Waals surface area contributed by atoms with Crippen molar-refractivity contribution in [2.24, 2.45) is 16.1 Å². The summed E-state index contributed by atoms with van der Waals surface area (Å²) in [6.07, 6.45) is 0.182. The molecule has 4 nitrogen and oxygen atoms in total. The zero-order valence-corrected chi connectivity index (χ0v) is 19.3. The molecule has 0 spiro atoms. The minimum atomic E-state index is -2.54. The van der Waals surface area contributed by atoms with E-state index < -0.39 is 6.43 Å². The fourth-order valence-corrected chi connectivity index (χ4v) is 5.22. The predicted molar refractivity (Wildman–Crippen MR) is 131 cm³/mol. The van der Waals surface area contributed by atoms with Crippen molar-refractivity contribution >= 4 is 29.1 Å². The topological polar surface area (TPSA) is 31.2 Å². The number of hydrogen-bond donors (Lipinski definition) is 0. The van der Waals surface area contributed by atoms with Crippen LogP contribution in [0.2, 0.25) is 0 Å². The van der Waals surface area contributed by atoms with Crippen molar-refractivity contribution in [2.75, 3.05) is 29.7 Å². The molecular weight excluding hydrogens is 426 g/mol. The van der Waals surface area contributed by atoms with Crippen molar-refractivity contribution < 1.29 is 8.78 Å². The largest absolute Gasteiger partial charge is 0.312 e. The standard InChI is InChI=1S/C25H30F2N4S/c1-2-19-12-13-30(17-19)14-15-32-31(22-6-4-3-5-7-22)18-20-8-10-21(11-9-20)23-16-24(25(26)27)29-28-23/h3-11,19,25H,2,12-18H2,1H3. The fraction of sp³-hybridized carbons (Fsp3) is 0.440. The quantitative estimate of drug-likeness (QED) is 0.418. The first-order chi connectivity index (χ1) is 15.6. The van der Waals surface area contributed by atoms with Gasteiger partial charge in [-0.05, 0) is 54.1 Å². The third-order valence-corrected chi connectivity index (χ3v) is 7.18. The summed E-state index contributed by atoms with van der Waals surface area (Å²) in [7, 11) is 0. The molecule has 0 radical (unpaired) electrons. The van der Waals surface area contributed by atoms with Crippen molar-refractivity contribution in [3.8, 4) is 0 Å². The molecule has 0 aliphatic carbocycles. The van der Waals surface area contributed by atoms with Gasteiger partial charge in [0.1, 0.15) is 5.71 Å². The van der Waals surface area contributed by atoms with E-state index in [1.165, 1.54) is 37.2 Å². The van der Waals surface area contributed by atoms with Gasteiger partial charge >= 0.3 is 0 Å². The Morgan fingerprint density at radius 1 is 1.09 bits per heavy atom. The second kappa shape index (κ2) is 11.1. The summed E-state index contributed by atoms with van der Waals surface area (Å²) in [5, 5.41) is 7.56. The maximum Gasteiger partial charge on any atom is 0.278 e. The Bertz CT molecular complexity index is 931. The molecule has 2 aromatic carbocycles. The molecule has 0 bridgehead atoms. The average Bonchev–Trinajstić information content (AvgIpc) is 3.49. The lowest BCUT2D eigenvalue weighted by Gasteiger charge is -2.25. The third kappa shape index (κ3) is 5.95. The van der Waals surface area contributed by atoms with Gasteiger partial charge in [-0.25, -0.2) is 8.78 Å². The summed E-state index contributed by atoms with van der Waals surface area (Å²) in [5.41, 5.74) is 3.66. The SMILES string of the molecule is CCC1CCN(CCSN(Cc2ccc(C3=NN=C(C(F)F)C3)cc2)c2ccccc2)C1. The molecule has 2 heterocycles. The van der Waals surface area contributed by atoms with E-state index in [4.69, 9.17) is 0 Å². The van der Waals surface area contributed by atoms with Crippen LogP contribution >= 0.6 is 11.9 Å². The van der Waals surface area contributed by atoms with Crippen LogP contribution in [-0.2, 0) is 6.54 Å². The van der Waals surface area contributed by atoms with E-state index >= 15 is 0 Å². The molecule has 0 saturated carbocycles. The number of nitrogens with zero attached hydrogens (tertiary/aromatic N) is 4. The highest BCUT2D eigenvalue weighted by Gasteiger charge is 2.22. The van der Waals surface area contributed by atoms with Gasteiger partial charge in [0.2, 0.25) is 0 Å². The summed E-state index contributed by atoms with van der Waals surface area (Å²) in [5.74, 6) is 1.91. The number of halogens is 2. The van der Waals surface area contributed by atoms with Crippen molar-refractivity contribution in [3.05, 3.63) is 65.7 Å². The fourth-order valence-electron chi connectivity index (χ4n) is 4.15. The van der Waals surface area contributed by atoms with E-state index in [1.807, 2.05) is 30.1 Å². The molecule has 2 aliphatic heterocycles. The van der Waals surface area contributed by atoms with Crippen molar-refractivity contribution in [2.45, 2.75) is 39.2 Å². The van der Waals surface area contributed by atoms with Gasteiger partial charge in [0.15, 0.2) is 0 Å². The lowest BCUT2D eigenvalue weighted by atomic mass is 10.0. The summed E-state index contributed by atoms with van der Waals surface area (Å²) in [6.45, 7) is 6.61. The predicted octanol–water partition coefficient (Wildman–Crippen LogP) is 5.89.